The summed E-state index contributed by atoms with van der Waals surface area (Å²) in [5, 5.41) is 3.20. The molecule has 23 heavy (non-hydrogen) atoms. The van der Waals surface area contributed by atoms with E-state index >= 15 is 0 Å². The summed E-state index contributed by atoms with van der Waals surface area (Å²) in [5.41, 5.74) is 1.04. The van der Waals surface area contributed by atoms with Gasteiger partial charge >= 0.3 is 0 Å². The molecule has 0 bridgehead atoms. The molecule has 128 valence electrons. The smallest absolute Gasteiger partial charge is 0.253 e. The average Bonchev–Trinajstić information content (AvgIpc) is 2.61. The van der Waals surface area contributed by atoms with Gasteiger partial charge in [-0.15, -0.1) is 0 Å². The molecule has 6 nitrogen and oxygen atoms in total. The van der Waals surface area contributed by atoms with E-state index in [0.29, 0.717) is 32.8 Å². The first-order valence-electron chi connectivity index (χ1n) is 7.97. The summed E-state index contributed by atoms with van der Waals surface area (Å²) in [7, 11) is 3.31. The zero-order valence-electron chi connectivity index (χ0n) is 13.9. The maximum Gasteiger partial charge on any atom is 0.253 e. The van der Waals surface area contributed by atoms with Gasteiger partial charge in [-0.05, 0) is 24.1 Å². The molecule has 1 atom stereocenters. The first kappa shape index (κ1) is 17.7. The molecule has 1 aromatic rings. The summed E-state index contributed by atoms with van der Waals surface area (Å²) in [6.45, 7) is 3.75. The molecule has 6 heteroatoms. The van der Waals surface area contributed by atoms with E-state index in [2.05, 4.69) is 5.32 Å². The minimum Gasteiger partial charge on any atom is -0.497 e. The topological polar surface area (TPSA) is 60.0 Å². The Morgan fingerprint density at radius 1 is 1.43 bits per heavy atom. The number of carbonyl (C=O) groups is 1. The number of ether oxygens (including phenoxy) is 3. The van der Waals surface area contributed by atoms with Gasteiger partial charge in [0.05, 0.1) is 13.7 Å². The van der Waals surface area contributed by atoms with E-state index in [-0.39, 0.29) is 5.91 Å². The van der Waals surface area contributed by atoms with Gasteiger partial charge in [0.2, 0.25) is 0 Å². The van der Waals surface area contributed by atoms with Gasteiger partial charge in [-0.1, -0.05) is 12.1 Å². The third kappa shape index (κ3) is 5.49. The van der Waals surface area contributed by atoms with Crippen LogP contribution in [0.15, 0.2) is 24.3 Å². The Morgan fingerprint density at radius 3 is 3.00 bits per heavy atom. The molecular weight excluding hydrogens is 296 g/mol. The highest BCUT2D eigenvalue weighted by Crippen LogP contribution is 2.16. The van der Waals surface area contributed by atoms with Crippen molar-refractivity contribution in [3.63, 3.8) is 0 Å². The molecule has 1 heterocycles. The molecule has 0 radical (unpaired) electrons. The molecule has 1 aromatic carbocycles. The molecule has 0 unspecified atom stereocenters. The molecule has 1 N–H and O–H groups in total. The van der Waals surface area contributed by atoms with Crippen molar-refractivity contribution < 1.29 is 19.0 Å². The normalized spacial score (nSPS) is 17.7. The zero-order valence-corrected chi connectivity index (χ0v) is 13.9. The van der Waals surface area contributed by atoms with Crippen LogP contribution in [0.1, 0.15) is 12.0 Å². The second-order valence-corrected chi connectivity index (χ2v) is 5.52. The standard InChI is InChI=1S/C17H26N2O4/c1-21-9-4-8-19(17(20)16-12-18-7-10-23-16)13-14-5-3-6-15(11-14)22-2/h3,5-6,11,16,18H,4,7-10,12-13H2,1-2H3/t16-/m1/s1. The molecule has 0 aromatic heterocycles. The predicted molar refractivity (Wildman–Crippen MR) is 87.5 cm³/mol. The fourth-order valence-electron chi connectivity index (χ4n) is 2.59. The van der Waals surface area contributed by atoms with Crippen molar-refractivity contribution in [3.05, 3.63) is 29.8 Å². The number of methoxy groups -OCH3 is 2. The molecule has 1 aliphatic heterocycles. The van der Waals surface area contributed by atoms with Crippen molar-refractivity contribution in [1.29, 1.82) is 0 Å². The van der Waals surface area contributed by atoms with Crippen molar-refractivity contribution in [2.24, 2.45) is 0 Å². The molecule has 0 spiro atoms. The molecule has 0 aliphatic carbocycles. The fraction of sp³-hybridized carbons (Fsp3) is 0.588. The minimum atomic E-state index is -0.406. The lowest BCUT2D eigenvalue weighted by Gasteiger charge is -2.30. The average molecular weight is 322 g/mol. The van der Waals surface area contributed by atoms with Gasteiger partial charge < -0.3 is 24.4 Å². The zero-order chi connectivity index (χ0) is 16.5. The highest BCUT2D eigenvalue weighted by atomic mass is 16.5. The first-order valence-corrected chi connectivity index (χ1v) is 7.97. The van der Waals surface area contributed by atoms with Crippen LogP contribution >= 0.6 is 0 Å². The minimum absolute atomic E-state index is 0.0242. The van der Waals surface area contributed by atoms with Crippen LogP contribution in [0.2, 0.25) is 0 Å². The lowest BCUT2D eigenvalue weighted by molar-refractivity contribution is -0.146. The molecule has 1 fully saturated rings. The van der Waals surface area contributed by atoms with Gasteiger partial charge in [0.1, 0.15) is 11.9 Å². The Kier molecular flexibility index (Phi) is 7.32. The SMILES string of the molecule is COCCCN(Cc1cccc(OC)c1)C(=O)[C@H]1CNCCO1. The van der Waals surface area contributed by atoms with Crippen molar-refractivity contribution in [3.8, 4) is 5.75 Å². The molecule has 1 amide bonds. The summed E-state index contributed by atoms with van der Waals surface area (Å²) in [4.78, 5) is 14.6. The largest absolute Gasteiger partial charge is 0.497 e. The van der Waals surface area contributed by atoms with Gasteiger partial charge in [0.15, 0.2) is 0 Å². The molecule has 2 rings (SSSR count). The number of amides is 1. The maximum absolute atomic E-state index is 12.7. The molecular formula is C17H26N2O4. The summed E-state index contributed by atoms with van der Waals surface area (Å²) < 4.78 is 16.0. The van der Waals surface area contributed by atoms with Crippen LogP contribution in [0, 0.1) is 0 Å². The van der Waals surface area contributed by atoms with Crippen molar-refractivity contribution in [2.75, 3.05) is 47.1 Å². The van der Waals surface area contributed by atoms with E-state index in [1.807, 2.05) is 29.2 Å². The third-order valence-corrected chi connectivity index (χ3v) is 3.80. The van der Waals surface area contributed by atoms with Gasteiger partial charge in [0, 0.05) is 39.9 Å². The second kappa shape index (κ2) is 9.50. The Bertz CT molecular complexity index is 489. The number of benzene rings is 1. The van der Waals surface area contributed by atoms with E-state index in [1.165, 1.54) is 0 Å². The second-order valence-electron chi connectivity index (χ2n) is 5.52. The third-order valence-electron chi connectivity index (χ3n) is 3.80. The number of nitrogens with zero attached hydrogens (tertiary/aromatic N) is 1. The summed E-state index contributed by atoms with van der Waals surface area (Å²) in [5.74, 6) is 0.818. The van der Waals surface area contributed by atoms with Crippen LogP contribution in [0.4, 0.5) is 0 Å². The van der Waals surface area contributed by atoms with Crippen molar-refractivity contribution >= 4 is 5.91 Å². The van der Waals surface area contributed by atoms with E-state index in [4.69, 9.17) is 14.2 Å². The lowest BCUT2D eigenvalue weighted by atomic mass is 10.1. The number of carbonyl (C=O) groups excluding carboxylic acids is 1. The highest BCUT2D eigenvalue weighted by molar-refractivity contribution is 5.81. The Balaban J connectivity index is 2.04. The van der Waals surface area contributed by atoms with Crippen LogP contribution in [0.3, 0.4) is 0 Å². The van der Waals surface area contributed by atoms with Gasteiger partial charge in [-0.3, -0.25) is 4.79 Å². The monoisotopic (exact) mass is 322 g/mol. The van der Waals surface area contributed by atoms with E-state index in [0.717, 1.165) is 24.3 Å². The van der Waals surface area contributed by atoms with Crippen molar-refractivity contribution in [2.45, 2.75) is 19.1 Å². The maximum atomic E-state index is 12.7. The van der Waals surface area contributed by atoms with Crippen LogP contribution in [-0.2, 0) is 20.8 Å². The van der Waals surface area contributed by atoms with Crippen LogP contribution in [-0.4, -0.2) is 64.0 Å². The van der Waals surface area contributed by atoms with Gasteiger partial charge in [-0.25, -0.2) is 0 Å². The summed E-state index contributed by atoms with van der Waals surface area (Å²) in [6.07, 6.45) is 0.392. The Labute approximate surface area is 137 Å². The molecule has 1 saturated heterocycles. The number of rotatable bonds is 8. The highest BCUT2D eigenvalue weighted by Gasteiger charge is 2.26. The summed E-state index contributed by atoms with van der Waals surface area (Å²) in [6, 6.07) is 7.79. The predicted octanol–water partition coefficient (Wildman–Crippen LogP) is 1.05. The Morgan fingerprint density at radius 2 is 2.30 bits per heavy atom. The number of nitrogens with one attached hydrogen (secondary N) is 1. The van der Waals surface area contributed by atoms with Gasteiger partial charge in [0.25, 0.3) is 5.91 Å². The number of morpholine rings is 1. The van der Waals surface area contributed by atoms with E-state index in [1.54, 1.807) is 14.2 Å². The molecule has 1 aliphatic rings. The van der Waals surface area contributed by atoms with Gasteiger partial charge in [-0.2, -0.15) is 0 Å². The van der Waals surface area contributed by atoms with Crippen molar-refractivity contribution in [1.82, 2.24) is 10.2 Å². The fourth-order valence-corrected chi connectivity index (χ4v) is 2.59. The lowest BCUT2D eigenvalue weighted by Crippen LogP contribution is -2.49. The van der Waals surface area contributed by atoms with E-state index < -0.39 is 6.10 Å². The van der Waals surface area contributed by atoms with Crippen LogP contribution in [0.25, 0.3) is 0 Å². The first-order chi connectivity index (χ1) is 11.2. The van der Waals surface area contributed by atoms with Crippen LogP contribution in [0.5, 0.6) is 5.75 Å². The Hall–Kier alpha value is -1.63. The number of hydrogen-bond acceptors (Lipinski definition) is 5. The van der Waals surface area contributed by atoms with E-state index in [9.17, 15) is 4.79 Å². The number of hydrogen-bond donors (Lipinski definition) is 1. The molecule has 0 saturated carbocycles. The quantitative estimate of drug-likeness (QED) is 0.725. The van der Waals surface area contributed by atoms with Crippen LogP contribution < -0.4 is 10.1 Å². The summed E-state index contributed by atoms with van der Waals surface area (Å²) >= 11 is 0.